The van der Waals surface area contributed by atoms with E-state index in [1.807, 2.05) is 31.2 Å². The van der Waals surface area contributed by atoms with E-state index in [1.54, 1.807) is 42.5 Å². The first-order valence-electron chi connectivity index (χ1n) is 12.3. The molecule has 198 valence electrons. The van der Waals surface area contributed by atoms with Crippen LogP contribution in [0, 0.1) is 6.92 Å². The zero-order chi connectivity index (χ0) is 27.9. The number of ketones is 1. The number of thiazole rings is 1. The van der Waals surface area contributed by atoms with Crippen LogP contribution in [-0.2, 0) is 14.6 Å². The molecule has 39 heavy (non-hydrogen) atoms. The number of hydrogen-bond donors (Lipinski definition) is 1. The van der Waals surface area contributed by atoms with Crippen molar-refractivity contribution in [2.24, 2.45) is 0 Å². The number of aliphatic hydroxyl groups is 1. The van der Waals surface area contributed by atoms with Gasteiger partial charge in [0.25, 0.3) is 5.91 Å². The van der Waals surface area contributed by atoms with Crippen LogP contribution in [-0.4, -0.2) is 30.2 Å². The number of carbonyl (C=O) groups excluding carboxylic acids is 2. The summed E-state index contributed by atoms with van der Waals surface area (Å²) >= 11 is 0.813. The first-order valence-corrected chi connectivity index (χ1v) is 14.6. The van der Waals surface area contributed by atoms with Crippen molar-refractivity contribution in [2.45, 2.75) is 41.8 Å². The monoisotopic (exact) mass is 558 g/mol. The number of rotatable bonds is 7. The van der Waals surface area contributed by atoms with Gasteiger partial charge in [0.05, 0.1) is 22.7 Å². The van der Waals surface area contributed by atoms with Crippen molar-refractivity contribution in [1.82, 2.24) is 4.98 Å². The first kappa shape index (κ1) is 26.5. The molecule has 7 nitrogen and oxygen atoms in total. The lowest BCUT2D eigenvalue weighted by Gasteiger charge is -2.25. The topological polar surface area (TPSA) is 105 Å². The summed E-state index contributed by atoms with van der Waals surface area (Å²) < 4.78 is 26.3. The van der Waals surface area contributed by atoms with Crippen LogP contribution in [0.4, 0.5) is 5.13 Å². The molecule has 4 aromatic rings. The van der Waals surface area contributed by atoms with Gasteiger partial charge in [-0.25, -0.2) is 13.4 Å². The fourth-order valence-corrected chi connectivity index (χ4v) is 7.04. The zero-order valence-corrected chi connectivity index (χ0v) is 23.2. The molecule has 1 N–H and O–H groups in total. The number of amides is 1. The summed E-state index contributed by atoms with van der Waals surface area (Å²) in [6.45, 7) is 6.01. The predicted octanol–water partition coefficient (Wildman–Crippen LogP) is 6.19. The Bertz CT molecular complexity index is 1690. The molecule has 1 aliphatic rings. The first-order chi connectivity index (χ1) is 18.6. The summed E-state index contributed by atoms with van der Waals surface area (Å²) in [6, 6.07) is 21.3. The number of hydrogen-bond acceptors (Lipinski definition) is 7. The van der Waals surface area contributed by atoms with Gasteiger partial charge in [0.2, 0.25) is 9.84 Å². The second kappa shape index (κ2) is 10.2. The van der Waals surface area contributed by atoms with E-state index in [1.165, 1.54) is 23.2 Å². The Morgan fingerprint density at radius 3 is 2.23 bits per heavy atom. The number of aryl methyl sites for hydroxylation is 1. The van der Waals surface area contributed by atoms with Crippen molar-refractivity contribution in [2.75, 3.05) is 4.90 Å². The van der Waals surface area contributed by atoms with Crippen molar-refractivity contribution >= 4 is 38.0 Å². The van der Waals surface area contributed by atoms with Crippen LogP contribution in [0.1, 0.15) is 52.9 Å². The standard InChI is InChI=1S/C30H26N2O5S2/c1-18(2)20-13-15-21(16-14-20)26-25(27(33)22-11-9-19(3)10-12-22)28(34)29(35)32(26)30-31-17-24(38-30)39(36,37)23-7-5-4-6-8-23/h4-18,26,34H,1-3H3. The second-order valence-electron chi connectivity index (χ2n) is 9.63. The Morgan fingerprint density at radius 1 is 0.974 bits per heavy atom. The van der Waals surface area contributed by atoms with E-state index >= 15 is 0 Å². The summed E-state index contributed by atoms with van der Waals surface area (Å²) in [4.78, 5) is 32.7. The maximum Gasteiger partial charge on any atom is 0.296 e. The minimum absolute atomic E-state index is 0.0526. The second-order valence-corrected chi connectivity index (χ2v) is 12.8. The van der Waals surface area contributed by atoms with Crippen molar-refractivity contribution in [3.05, 3.63) is 119 Å². The average Bonchev–Trinajstić information content (AvgIpc) is 3.53. The Balaban J connectivity index is 1.62. The van der Waals surface area contributed by atoms with Crippen molar-refractivity contribution < 1.29 is 23.1 Å². The smallest absolute Gasteiger partial charge is 0.296 e. The maximum atomic E-state index is 13.7. The molecule has 0 aliphatic carbocycles. The summed E-state index contributed by atoms with van der Waals surface area (Å²) in [5.41, 5.74) is 2.87. The molecule has 1 amide bonds. The molecule has 0 saturated carbocycles. The van der Waals surface area contributed by atoms with E-state index in [0.29, 0.717) is 11.1 Å². The summed E-state index contributed by atoms with van der Waals surface area (Å²) in [6.07, 6.45) is 1.20. The summed E-state index contributed by atoms with van der Waals surface area (Å²) in [5.74, 6) is -1.72. The maximum absolute atomic E-state index is 13.7. The quantitative estimate of drug-likeness (QED) is 0.271. The molecule has 9 heteroatoms. The van der Waals surface area contributed by atoms with Crippen LogP contribution in [0.3, 0.4) is 0 Å². The molecule has 0 spiro atoms. The van der Waals surface area contributed by atoms with Gasteiger partial charge in [-0.2, -0.15) is 0 Å². The highest BCUT2D eigenvalue weighted by Gasteiger charge is 2.46. The molecule has 0 saturated heterocycles. The van der Waals surface area contributed by atoms with Gasteiger partial charge in [0.1, 0.15) is 4.21 Å². The van der Waals surface area contributed by atoms with Crippen molar-refractivity contribution in [1.29, 1.82) is 0 Å². The van der Waals surface area contributed by atoms with E-state index < -0.39 is 33.3 Å². The van der Waals surface area contributed by atoms with E-state index in [9.17, 15) is 23.1 Å². The normalized spacial score (nSPS) is 15.8. The molecular weight excluding hydrogens is 532 g/mol. The predicted molar refractivity (Wildman–Crippen MR) is 150 cm³/mol. The number of Topliss-reactive ketones (excluding diaryl/α,β-unsaturated/α-hetero) is 1. The fourth-order valence-electron chi connectivity index (χ4n) is 4.48. The third-order valence-electron chi connectivity index (χ3n) is 6.68. The van der Waals surface area contributed by atoms with Crippen LogP contribution in [0.25, 0.3) is 0 Å². The van der Waals surface area contributed by atoms with Gasteiger partial charge in [-0.3, -0.25) is 14.5 Å². The molecule has 2 heterocycles. The number of nitrogens with zero attached hydrogens (tertiary/aromatic N) is 2. The molecule has 1 aromatic heterocycles. The highest BCUT2D eigenvalue weighted by atomic mass is 32.2. The highest BCUT2D eigenvalue weighted by molar-refractivity contribution is 7.93. The van der Waals surface area contributed by atoms with Gasteiger partial charge in [-0.1, -0.05) is 97.5 Å². The number of aliphatic hydroxyl groups excluding tert-OH is 1. The third-order valence-corrected chi connectivity index (χ3v) is 9.91. The van der Waals surface area contributed by atoms with Crippen molar-refractivity contribution in [3.8, 4) is 0 Å². The van der Waals surface area contributed by atoms with Crippen LogP contribution in [0.5, 0.6) is 0 Å². The molecule has 1 atom stereocenters. The Kier molecular flexibility index (Phi) is 6.96. The van der Waals surface area contributed by atoms with E-state index in [4.69, 9.17) is 0 Å². The van der Waals surface area contributed by atoms with Crippen LogP contribution >= 0.6 is 11.3 Å². The molecule has 3 aromatic carbocycles. The molecule has 5 rings (SSSR count). The van der Waals surface area contributed by atoms with Crippen LogP contribution < -0.4 is 4.90 Å². The SMILES string of the molecule is Cc1ccc(C(=O)C2=C(O)C(=O)N(c3ncc(S(=O)(=O)c4ccccc4)s3)C2c2ccc(C(C)C)cc2)cc1. The van der Waals surface area contributed by atoms with Gasteiger partial charge in [-0.15, -0.1) is 0 Å². The molecule has 0 radical (unpaired) electrons. The fraction of sp³-hybridized carbons (Fsp3) is 0.167. The molecule has 1 aliphatic heterocycles. The minimum Gasteiger partial charge on any atom is -0.503 e. The minimum atomic E-state index is -3.88. The number of sulfone groups is 1. The lowest BCUT2D eigenvalue weighted by atomic mass is 9.91. The van der Waals surface area contributed by atoms with Gasteiger partial charge in [-0.05, 0) is 36.1 Å². The summed E-state index contributed by atoms with van der Waals surface area (Å²) in [5, 5.41) is 11.1. The number of carbonyl (C=O) groups is 2. The number of aromatic nitrogens is 1. The Labute approximate surface area is 231 Å². The van der Waals surface area contributed by atoms with Gasteiger partial charge < -0.3 is 5.11 Å². The molecule has 1 unspecified atom stereocenters. The lowest BCUT2D eigenvalue weighted by Crippen LogP contribution is -2.31. The third kappa shape index (κ3) is 4.79. The Morgan fingerprint density at radius 2 is 1.62 bits per heavy atom. The van der Waals surface area contributed by atoms with Gasteiger partial charge >= 0.3 is 0 Å². The van der Waals surface area contributed by atoms with Crippen LogP contribution in [0.15, 0.2) is 105 Å². The van der Waals surface area contributed by atoms with Gasteiger partial charge in [0.15, 0.2) is 16.7 Å². The van der Waals surface area contributed by atoms with Gasteiger partial charge in [0, 0.05) is 5.56 Å². The van der Waals surface area contributed by atoms with E-state index in [0.717, 1.165) is 22.5 Å². The molecule has 0 bridgehead atoms. The highest BCUT2D eigenvalue weighted by Crippen LogP contribution is 2.44. The number of benzene rings is 3. The molecule has 0 fully saturated rings. The Hall–Kier alpha value is -4.08. The molecular formula is C30H26N2O5S2. The van der Waals surface area contributed by atoms with Crippen molar-refractivity contribution in [3.63, 3.8) is 0 Å². The summed E-state index contributed by atoms with van der Waals surface area (Å²) in [7, 11) is -3.88. The van der Waals surface area contributed by atoms with E-state index in [2.05, 4.69) is 18.8 Å². The van der Waals surface area contributed by atoms with Crippen LogP contribution in [0.2, 0.25) is 0 Å². The largest absolute Gasteiger partial charge is 0.503 e. The zero-order valence-electron chi connectivity index (χ0n) is 21.5. The number of anilines is 1. The average molecular weight is 559 g/mol. The lowest BCUT2D eigenvalue weighted by molar-refractivity contribution is -0.117. The van der Waals surface area contributed by atoms with E-state index in [-0.39, 0.29) is 25.7 Å².